The third-order valence-corrected chi connectivity index (χ3v) is 4.02. The summed E-state index contributed by atoms with van der Waals surface area (Å²) >= 11 is 0. The first-order chi connectivity index (χ1) is 11.4. The standard InChI is InChI=1S/C19H17N3O/c1-23-13-18-21-17-11-20-16-10-6-5-9-15(16)19(17)22(18)12-14-7-3-2-4-8-14/h2-11H,12-13H2,1H3. The zero-order valence-electron chi connectivity index (χ0n) is 12.9. The van der Waals surface area contributed by atoms with Crippen molar-refractivity contribution in [2.75, 3.05) is 7.11 Å². The Morgan fingerprint density at radius 3 is 2.57 bits per heavy atom. The molecule has 0 bridgehead atoms. The Hall–Kier alpha value is -2.72. The molecule has 2 heterocycles. The molecule has 0 spiro atoms. The molecule has 2 aromatic heterocycles. The van der Waals surface area contributed by atoms with Gasteiger partial charge in [-0.25, -0.2) is 4.98 Å². The van der Waals surface area contributed by atoms with Gasteiger partial charge in [-0.2, -0.15) is 0 Å². The van der Waals surface area contributed by atoms with Crippen molar-refractivity contribution in [1.29, 1.82) is 0 Å². The van der Waals surface area contributed by atoms with E-state index in [2.05, 4.69) is 39.9 Å². The van der Waals surface area contributed by atoms with E-state index in [4.69, 9.17) is 9.72 Å². The van der Waals surface area contributed by atoms with E-state index in [1.807, 2.05) is 30.5 Å². The van der Waals surface area contributed by atoms with Crippen molar-refractivity contribution < 1.29 is 4.74 Å². The van der Waals surface area contributed by atoms with Crippen molar-refractivity contribution in [2.45, 2.75) is 13.2 Å². The minimum Gasteiger partial charge on any atom is -0.377 e. The van der Waals surface area contributed by atoms with Crippen LogP contribution >= 0.6 is 0 Å². The Balaban J connectivity index is 1.98. The van der Waals surface area contributed by atoms with Gasteiger partial charge in [-0.3, -0.25) is 4.98 Å². The summed E-state index contributed by atoms with van der Waals surface area (Å²) in [5.74, 6) is 0.921. The fourth-order valence-electron chi connectivity index (χ4n) is 2.99. The smallest absolute Gasteiger partial charge is 0.136 e. The van der Waals surface area contributed by atoms with Crippen LogP contribution in [-0.2, 0) is 17.9 Å². The molecule has 0 aliphatic carbocycles. The van der Waals surface area contributed by atoms with Crippen LogP contribution in [0.3, 0.4) is 0 Å². The number of imidazole rings is 1. The van der Waals surface area contributed by atoms with Crippen molar-refractivity contribution in [2.24, 2.45) is 0 Å². The van der Waals surface area contributed by atoms with Crippen molar-refractivity contribution in [3.05, 3.63) is 72.2 Å². The normalized spacial score (nSPS) is 11.3. The molecule has 0 fully saturated rings. The highest BCUT2D eigenvalue weighted by atomic mass is 16.5. The molecular formula is C19H17N3O. The Bertz CT molecular complexity index is 960. The van der Waals surface area contributed by atoms with E-state index in [-0.39, 0.29) is 0 Å². The van der Waals surface area contributed by atoms with Crippen LogP contribution in [0.15, 0.2) is 60.8 Å². The van der Waals surface area contributed by atoms with Crippen LogP contribution in [0, 0.1) is 0 Å². The Kier molecular flexibility index (Phi) is 3.52. The van der Waals surface area contributed by atoms with Crippen LogP contribution in [0.5, 0.6) is 0 Å². The first-order valence-corrected chi connectivity index (χ1v) is 7.62. The highest BCUT2D eigenvalue weighted by molar-refractivity contribution is 6.02. The van der Waals surface area contributed by atoms with E-state index in [0.29, 0.717) is 6.61 Å². The molecule has 23 heavy (non-hydrogen) atoms. The van der Waals surface area contributed by atoms with Crippen LogP contribution in [0.1, 0.15) is 11.4 Å². The van der Waals surface area contributed by atoms with Gasteiger partial charge in [-0.05, 0) is 11.6 Å². The molecule has 0 unspecified atom stereocenters. The summed E-state index contributed by atoms with van der Waals surface area (Å²) < 4.78 is 7.58. The molecule has 0 aliphatic rings. The van der Waals surface area contributed by atoms with Gasteiger partial charge in [-0.1, -0.05) is 48.5 Å². The molecule has 0 saturated carbocycles. The number of nitrogens with zero attached hydrogens (tertiary/aromatic N) is 3. The molecule has 0 saturated heterocycles. The van der Waals surface area contributed by atoms with E-state index in [1.54, 1.807) is 7.11 Å². The topological polar surface area (TPSA) is 39.9 Å². The molecule has 114 valence electrons. The van der Waals surface area contributed by atoms with Crippen molar-refractivity contribution in [1.82, 2.24) is 14.5 Å². The number of methoxy groups -OCH3 is 1. The van der Waals surface area contributed by atoms with Gasteiger partial charge in [0.1, 0.15) is 17.9 Å². The van der Waals surface area contributed by atoms with Crippen LogP contribution in [-0.4, -0.2) is 21.6 Å². The Morgan fingerprint density at radius 2 is 1.74 bits per heavy atom. The molecule has 4 rings (SSSR count). The fraction of sp³-hybridized carbons (Fsp3) is 0.158. The van der Waals surface area contributed by atoms with E-state index in [1.165, 1.54) is 5.56 Å². The van der Waals surface area contributed by atoms with E-state index in [0.717, 1.165) is 34.3 Å². The molecule has 0 aliphatic heterocycles. The lowest BCUT2D eigenvalue weighted by Crippen LogP contribution is -2.06. The maximum atomic E-state index is 5.34. The zero-order valence-corrected chi connectivity index (χ0v) is 12.9. The third-order valence-electron chi connectivity index (χ3n) is 4.02. The van der Waals surface area contributed by atoms with Gasteiger partial charge in [0.05, 0.1) is 17.2 Å². The largest absolute Gasteiger partial charge is 0.377 e. The molecule has 0 radical (unpaired) electrons. The van der Waals surface area contributed by atoms with Gasteiger partial charge in [0.2, 0.25) is 0 Å². The summed E-state index contributed by atoms with van der Waals surface area (Å²) in [5.41, 5.74) is 4.25. The number of aromatic nitrogens is 3. The van der Waals surface area contributed by atoms with Gasteiger partial charge in [0.25, 0.3) is 0 Å². The first-order valence-electron chi connectivity index (χ1n) is 7.62. The van der Waals surface area contributed by atoms with Gasteiger partial charge < -0.3 is 9.30 Å². The number of pyridine rings is 1. The van der Waals surface area contributed by atoms with Crippen molar-refractivity contribution >= 4 is 21.9 Å². The van der Waals surface area contributed by atoms with Crippen LogP contribution in [0.25, 0.3) is 21.9 Å². The second-order valence-corrected chi connectivity index (χ2v) is 5.54. The highest BCUT2D eigenvalue weighted by Crippen LogP contribution is 2.25. The minimum atomic E-state index is 0.482. The van der Waals surface area contributed by atoms with E-state index < -0.39 is 0 Å². The first kappa shape index (κ1) is 13.9. The zero-order chi connectivity index (χ0) is 15.6. The van der Waals surface area contributed by atoms with Gasteiger partial charge in [0, 0.05) is 19.0 Å². The third kappa shape index (κ3) is 2.47. The van der Waals surface area contributed by atoms with Crippen LogP contribution < -0.4 is 0 Å². The highest BCUT2D eigenvalue weighted by Gasteiger charge is 2.14. The Morgan fingerprint density at radius 1 is 0.957 bits per heavy atom. The minimum absolute atomic E-state index is 0.482. The molecule has 4 nitrogen and oxygen atoms in total. The average Bonchev–Trinajstić information content (AvgIpc) is 2.94. The predicted molar refractivity (Wildman–Crippen MR) is 91.3 cm³/mol. The average molecular weight is 303 g/mol. The summed E-state index contributed by atoms with van der Waals surface area (Å²) in [4.78, 5) is 9.24. The number of hydrogen-bond acceptors (Lipinski definition) is 3. The predicted octanol–water partition coefficient (Wildman–Crippen LogP) is 3.78. The lowest BCUT2D eigenvalue weighted by Gasteiger charge is -2.10. The number of benzene rings is 2. The lowest BCUT2D eigenvalue weighted by molar-refractivity contribution is 0.175. The molecule has 0 N–H and O–H groups in total. The summed E-state index contributed by atoms with van der Waals surface area (Å²) in [5, 5.41) is 1.12. The number of fused-ring (bicyclic) bond motifs is 3. The van der Waals surface area contributed by atoms with Gasteiger partial charge in [0.15, 0.2) is 0 Å². The summed E-state index contributed by atoms with van der Waals surface area (Å²) in [7, 11) is 1.70. The molecule has 2 aromatic carbocycles. The summed E-state index contributed by atoms with van der Waals surface area (Å²) in [6.45, 7) is 1.25. The second-order valence-electron chi connectivity index (χ2n) is 5.54. The second kappa shape index (κ2) is 5.82. The summed E-state index contributed by atoms with van der Waals surface area (Å²) in [6.07, 6.45) is 1.85. The quantitative estimate of drug-likeness (QED) is 0.576. The van der Waals surface area contributed by atoms with Gasteiger partial charge in [-0.15, -0.1) is 0 Å². The van der Waals surface area contributed by atoms with Crippen molar-refractivity contribution in [3.63, 3.8) is 0 Å². The van der Waals surface area contributed by atoms with Gasteiger partial charge >= 0.3 is 0 Å². The van der Waals surface area contributed by atoms with Crippen molar-refractivity contribution in [3.8, 4) is 0 Å². The number of para-hydroxylation sites is 1. The fourth-order valence-corrected chi connectivity index (χ4v) is 2.99. The Labute approximate surface area is 134 Å². The van der Waals surface area contributed by atoms with Crippen LogP contribution in [0.2, 0.25) is 0 Å². The molecule has 4 aromatic rings. The summed E-state index contributed by atoms with van der Waals surface area (Å²) in [6, 6.07) is 18.6. The number of hydrogen-bond donors (Lipinski definition) is 0. The SMILES string of the molecule is COCc1nc2cnc3ccccc3c2n1Cc1ccccc1. The van der Waals surface area contributed by atoms with E-state index >= 15 is 0 Å². The molecule has 0 amide bonds. The maximum absolute atomic E-state index is 5.34. The monoisotopic (exact) mass is 303 g/mol. The molecule has 4 heteroatoms. The van der Waals surface area contributed by atoms with E-state index in [9.17, 15) is 0 Å². The van der Waals surface area contributed by atoms with Crippen LogP contribution in [0.4, 0.5) is 0 Å². The maximum Gasteiger partial charge on any atom is 0.136 e. The molecule has 0 atom stereocenters. The molecular weight excluding hydrogens is 286 g/mol. The number of rotatable bonds is 4. The number of ether oxygens (including phenoxy) is 1. The lowest BCUT2D eigenvalue weighted by atomic mass is 10.2.